The molecule has 4 rings (SSSR count). The maximum atomic E-state index is 12.8. The molecule has 0 atom stereocenters. The van der Waals surface area contributed by atoms with E-state index in [1.807, 2.05) is 36.4 Å². The summed E-state index contributed by atoms with van der Waals surface area (Å²) in [4.78, 5) is 25.1. The molecule has 0 aliphatic carbocycles. The Labute approximate surface area is 168 Å². The Hall–Kier alpha value is -3.41. The molecule has 0 unspecified atom stereocenters. The Morgan fingerprint density at radius 1 is 1.03 bits per heavy atom. The van der Waals surface area contributed by atoms with E-state index in [4.69, 9.17) is 0 Å². The first-order valence-corrected chi connectivity index (χ1v) is 9.76. The molecular formula is C23H24N4O2. The molecule has 2 aromatic carbocycles. The van der Waals surface area contributed by atoms with Gasteiger partial charge in [0.2, 0.25) is 5.91 Å². The van der Waals surface area contributed by atoms with Crippen LogP contribution >= 0.6 is 0 Å². The molecule has 0 aliphatic rings. The molecule has 4 aromatic rings. The fraction of sp³-hybridized carbons (Fsp3) is 0.261. The van der Waals surface area contributed by atoms with Crippen molar-refractivity contribution >= 4 is 33.3 Å². The van der Waals surface area contributed by atoms with Gasteiger partial charge >= 0.3 is 0 Å². The summed E-state index contributed by atoms with van der Waals surface area (Å²) in [6.45, 7) is 5.29. The van der Waals surface area contributed by atoms with Crippen molar-refractivity contribution in [3.8, 4) is 0 Å². The third-order valence-corrected chi connectivity index (χ3v) is 5.01. The number of carbonyl (C=O) groups excluding carboxylic acids is 1. The zero-order valence-electron chi connectivity index (χ0n) is 16.8. The Kier molecular flexibility index (Phi) is 4.92. The monoisotopic (exact) mass is 388 g/mol. The number of fused-ring (bicyclic) bond motifs is 2. The highest BCUT2D eigenvalue weighted by Crippen LogP contribution is 2.25. The molecule has 2 aromatic heterocycles. The van der Waals surface area contributed by atoms with Gasteiger partial charge in [0.25, 0.3) is 5.56 Å². The maximum absolute atomic E-state index is 12.8. The van der Waals surface area contributed by atoms with E-state index in [-0.39, 0.29) is 17.9 Å². The lowest BCUT2D eigenvalue weighted by atomic mass is 10.1. The van der Waals surface area contributed by atoms with Crippen LogP contribution in [0.4, 0.5) is 5.69 Å². The second-order valence-electron chi connectivity index (χ2n) is 7.75. The van der Waals surface area contributed by atoms with Gasteiger partial charge in [-0.25, -0.2) is 4.68 Å². The molecule has 6 heteroatoms. The van der Waals surface area contributed by atoms with E-state index in [1.165, 1.54) is 4.68 Å². The number of hydrogen-bond donors (Lipinski definition) is 1. The first-order valence-electron chi connectivity index (χ1n) is 9.76. The Morgan fingerprint density at radius 2 is 1.79 bits per heavy atom. The van der Waals surface area contributed by atoms with Crippen molar-refractivity contribution in [3.05, 3.63) is 70.8 Å². The van der Waals surface area contributed by atoms with Crippen LogP contribution in [0.3, 0.4) is 0 Å². The van der Waals surface area contributed by atoms with E-state index >= 15 is 0 Å². The average molecular weight is 388 g/mol. The van der Waals surface area contributed by atoms with Crippen molar-refractivity contribution in [2.75, 3.05) is 5.32 Å². The van der Waals surface area contributed by atoms with E-state index in [1.54, 1.807) is 13.1 Å². The number of amides is 1. The normalized spacial score (nSPS) is 11.4. The minimum Gasteiger partial charge on any atom is -0.347 e. The largest absolute Gasteiger partial charge is 0.347 e. The van der Waals surface area contributed by atoms with Crippen LogP contribution in [0, 0.1) is 5.92 Å². The maximum Gasteiger partial charge on any atom is 0.274 e. The quantitative estimate of drug-likeness (QED) is 0.566. The van der Waals surface area contributed by atoms with Gasteiger partial charge in [-0.1, -0.05) is 38.1 Å². The third kappa shape index (κ3) is 3.66. The summed E-state index contributed by atoms with van der Waals surface area (Å²) < 4.78 is 3.50. The van der Waals surface area contributed by atoms with Crippen LogP contribution in [-0.2, 0) is 24.8 Å². The van der Waals surface area contributed by atoms with Gasteiger partial charge < -0.3 is 9.88 Å². The summed E-state index contributed by atoms with van der Waals surface area (Å²) in [5, 5.41) is 9.64. The van der Waals surface area contributed by atoms with Gasteiger partial charge in [0.15, 0.2) is 0 Å². The number of aromatic nitrogens is 3. The van der Waals surface area contributed by atoms with E-state index in [2.05, 4.69) is 41.1 Å². The standard InChI is InChI=1S/C23H24N4O2/c1-15(2)14-27-12-11-18-19(9-6-10-21(18)27)24-22(28)13-20-16-7-4-5-8-17(16)23(29)26(3)25-20/h4-12,15H,13-14H2,1-3H3,(H,24,28). The molecule has 1 amide bonds. The number of carbonyl (C=O) groups is 1. The Morgan fingerprint density at radius 3 is 2.55 bits per heavy atom. The Bertz CT molecular complexity index is 1270. The summed E-state index contributed by atoms with van der Waals surface area (Å²) in [5.41, 5.74) is 2.30. The lowest BCUT2D eigenvalue weighted by molar-refractivity contribution is -0.115. The van der Waals surface area contributed by atoms with E-state index in [9.17, 15) is 9.59 Å². The second-order valence-corrected chi connectivity index (χ2v) is 7.75. The molecule has 0 saturated carbocycles. The summed E-state index contributed by atoms with van der Waals surface area (Å²) in [5.74, 6) is 0.373. The van der Waals surface area contributed by atoms with Gasteiger partial charge in [0.05, 0.1) is 28.7 Å². The fourth-order valence-corrected chi connectivity index (χ4v) is 3.74. The molecule has 6 nitrogen and oxygen atoms in total. The number of aryl methyl sites for hydroxylation is 1. The van der Waals surface area contributed by atoms with Crippen LogP contribution in [0.1, 0.15) is 19.5 Å². The molecule has 2 heterocycles. The number of nitrogens with zero attached hydrogens (tertiary/aromatic N) is 3. The van der Waals surface area contributed by atoms with Crippen LogP contribution < -0.4 is 10.9 Å². The van der Waals surface area contributed by atoms with Crippen LogP contribution in [-0.4, -0.2) is 20.3 Å². The van der Waals surface area contributed by atoms with Crippen LogP contribution in [0.2, 0.25) is 0 Å². The smallest absolute Gasteiger partial charge is 0.274 e. The average Bonchev–Trinajstić information content (AvgIpc) is 3.09. The highest BCUT2D eigenvalue weighted by molar-refractivity contribution is 6.02. The molecule has 0 bridgehead atoms. The molecule has 29 heavy (non-hydrogen) atoms. The van der Waals surface area contributed by atoms with Crippen LogP contribution in [0.5, 0.6) is 0 Å². The molecule has 0 radical (unpaired) electrons. The lowest BCUT2D eigenvalue weighted by Gasteiger charge is -2.11. The van der Waals surface area contributed by atoms with Crippen molar-refractivity contribution < 1.29 is 4.79 Å². The second kappa shape index (κ2) is 7.54. The fourth-order valence-electron chi connectivity index (χ4n) is 3.74. The predicted octanol–water partition coefficient (Wildman–Crippen LogP) is 3.73. The number of hydrogen-bond acceptors (Lipinski definition) is 3. The zero-order valence-corrected chi connectivity index (χ0v) is 16.8. The molecular weight excluding hydrogens is 364 g/mol. The Balaban J connectivity index is 1.63. The van der Waals surface area contributed by atoms with E-state index in [0.29, 0.717) is 22.4 Å². The highest BCUT2D eigenvalue weighted by atomic mass is 16.1. The van der Waals surface area contributed by atoms with Crippen molar-refractivity contribution in [1.29, 1.82) is 0 Å². The van der Waals surface area contributed by atoms with Gasteiger partial charge in [-0.3, -0.25) is 9.59 Å². The van der Waals surface area contributed by atoms with Gasteiger partial charge in [-0.05, 0) is 30.2 Å². The molecule has 0 fully saturated rings. The first kappa shape index (κ1) is 18.9. The van der Waals surface area contributed by atoms with Crippen molar-refractivity contribution in [3.63, 3.8) is 0 Å². The summed E-state index contributed by atoms with van der Waals surface area (Å²) in [6.07, 6.45) is 2.15. The number of anilines is 1. The molecule has 1 N–H and O–H groups in total. The molecule has 0 spiro atoms. The zero-order chi connectivity index (χ0) is 20.5. The third-order valence-electron chi connectivity index (χ3n) is 5.01. The minimum atomic E-state index is -0.166. The first-order chi connectivity index (χ1) is 13.9. The molecule has 0 aliphatic heterocycles. The minimum absolute atomic E-state index is 0.0950. The summed E-state index contributed by atoms with van der Waals surface area (Å²) >= 11 is 0. The topological polar surface area (TPSA) is 68.9 Å². The predicted molar refractivity (Wildman–Crippen MR) is 116 cm³/mol. The van der Waals surface area contributed by atoms with Gasteiger partial charge in [-0.2, -0.15) is 5.10 Å². The van der Waals surface area contributed by atoms with Crippen LogP contribution in [0.15, 0.2) is 59.5 Å². The van der Waals surface area contributed by atoms with E-state index < -0.39 is 0 Å². The summed E-state index contributed by atoms with van der Waals surface area (Å²) in [7, 11) is 1.61. The van der Waals surface area contributed by atoms with Gasteiger partial charge in [-0.15, -0.1) is 0 Å². The molecule has 0 saturated heterocycles. The number of benzene rings is 2. The number of rotatable bonds is 5. The SMILES string of the molecule is CC(C)Cn1ccc2c(NC(=O)Cc3nn(C)c(=O)c4ccccc34)cccc21. The van der Waals surface area contributed by atoms with Gasteiger partial charge in [0.1, 0.15) is 0 Å². The summed E-state index contributed by atoms with van der Waals surface area (Å²) in [6, 6.07) is 15.2. The van der Waals surface area contributed by atoms with Crippen molar-refractivity contribution in [1.82, 2.24) is 14.3 Å². The lowest BCUT2D eigenvalue weighted by Crippen LogP contribution is -2.24. The van der Waals surface area contributed by atoms with Crippen molar-refractivity contribution in [2.45, 2.75) is 26.8 Å². The molecule has 148 valence electrons. The van der Waals surface area contributed by atoms with Crippen molar-refractivity contribution in [2.24, 2.45) is 13.0 Å². The van der Waals surface area contributed by atoms with E-state index in [0.717, 1.165) is 23.1 Å². The highest BCUT2D eigenvalue weighted by Gasteiger charge is 2.14. The number of nitrogens with one attached hydrogen (secondary N) is 1. The van der Waals surface area contributed by atoms with Gasteiger partial charge in [0, 0.05) is 30.6 Å². The van der Waals surface area contributed by atoms with Crippen LogP contribution in [0.25, 0.3) is 21.7 Å².